The number of hydrogen-bond donors (Lipinski definition) is 1. The highest BCUT2D eigenvalue weighted by Crippen LogP contribution is 2.34. The third-order valence-corrected chi connectivity index (χ3v) is 3.64. The van der Waals surface area contributed by atoms with Gasteiger partial charge in [0.1, 0.15) is 4.90 Å². The number of carbonyl (C=O) groups is 1. The van der Waals surface area contributed by atoms with Crippen molar-refractivity contribution in [2.24, 2.45) is 0 Å². The molecule has 7 heteroatoms. The van der Waals surface area contributed by atoms with E-state index >= 15 is 0 Å². The summed E-state index contributed by atoms with van der Waals surface area (Å²) in [7, 11) is -2.40. The third-order valence-electron chi connectivity index (χ3n) is 1.87. The summed E-state index contributed by atoms with van der Waals surface area (Å²) in [4.78, 5) is 10.6. The minimum absolute atomic E-state index is 0.00222. The molecule has 0 fully saturated rings. The molecular weight excluding hydrogens is 300 g/mol. The summed E-state index contributed by atoms with van der Waals surface area (Å²) in [6, 6.07) is 2.64. The van der Waals surface area contributed by atoms with Gasteiger partial charge in [0.25, 0.3) is 0 Å². The van der Waals surface area contributed by atoms with E-state index in [1.165, 1.54) is 19.2 Å². The first-order valence-corrected chi connectivity index (χ1v) is 6.77. The van der Waals surface area contributed by atoms with E-state index in [1.54, 1.807) is 0 Å². The summed E-state index contributed by atoms with van der Waals surface area (Å²) in [6.07, 6.45) is 0.934. The van der Waals surface area contributed by atoms with E-state index in [1.807, 2.05) is 0 Å². The molecule has 1 aromatic rings. The van der Waals surface area contributed by atoms with Crippen LogP contribution in [0.25, 0.3) is 0 Å². The molecule has 0 saturated heterocycles. The van der Waals surface area contributed by atoms with Crippen LogP contribution in [0.3, 0.4) is 0 Å². The van der Waals surface area contributed by atoms with Gasteiger partial charge in [0.05, 0.1) is 17.1 Å². The van der Waals surface area contributed by atoms with Crippen molar-refractivity contribution in [3.05, 3.63) is 22.2 Å². The maximum atomic E-state index is 11.5. The topological polar surface area (TPSA) is 80.7 Å². The number of methoxy groups -OCH3 is 1. The second-order valence-corrected chi connectivity index (χ2v) is 5.84. The van der Waals surface area contributed by atoms with Crippen LogP contribution in [0.1, 0.15) is 10.4 Å². The normalized spacial score (nSPS) is 11.2. The molecule has 0 unspecified atom stereocenters. The van der Waals surface area contributed by atoms with Crippen LogP contribution in [-0.2, 0) is 9.84 Å². The third kappa shape index (κ3) is 2.35. The van der Waals surface area contributed by atoms with E-state index in [2.05, 4.69) is 15.9 Å². The first kappa shape index (κ1) is 13.0. The number of hydrogen-bond acceptors (Lipinski definition) is 4. The van der Waals surface area contributed by atoms with Crippen molar-refractivity contribution in [2.45, 2.75) is 4.90 Å². The monoisotopic (exact) mass is 308 g/mol. The Labute approximate surface area is 101 Å². The van der Waals surface area contributed by atoms with E-state index < -0.39 is 15.8 Å². The molecule has 1 aromatic carbocycles. The Balaban J connectivity index is 3.75. The standard InChI is InChI=1S/C9H9BrO5S/c1-15-7-6(10)4-3-5(9(11)12)8(7)16(2,13)14/h3-4H,1-2H3,(H,11,12). The molecule has 0 radical (unpaired) electrons. The highest BCUT2D eigenvalue weighted by molar-refractivity contribution is 9.10. The van der Waals surface area contributed by atoms with Gasteiger partial charge in [-0.2, -0.15) is 0 Å². The molecule has 0 atom stereocenters. The van der Waals surface area contributed by atoms with Gasteiger partial charge in [-0.15, -0.1) is 0 Å². The van der Waals surface area contributed by atoms with Crippen molar-refractivity contribution in [1.29, 1.82) is 0 Å². The molecule has 0 saturated carbocycles. The predicted molar refractivity (Wildman–Crippen MR) is 60.8 cm³/mol. The summed E-state index contributed by atoms with van der Waals surface area (Å²) >= 11 is 3.10. The van der Waals surface area contributed by atoms with E-state index in [0.717, 1.165) is 6.26 Å². The molecule has 1 rings (SSSR count). The van der Waals surface area contributed by atoms with Gasteiger partial charge in [-0.05, 0) is 28.1 Å². The first-order valence-electron chi connectivity index (χ1n) is 4.09. The fourth-order valence-electron chi connectivity index (χ4n) is 1.27. The van der Waals surface area contributed by atoms with Crippen LogP contribution in [0.2, 0.25) is 0 Å². The maximum absolute atomic E-state index is 11.5. The van der Waals surface area contributed by atoms with Gasteiger partial charge in [-0.25, -0.2) is 13.2 Å². The van der Waals surface area contributed by atoms with Crippen molar-refractivity contribution in [3.8, 4) is 5.75 Å². The zero-order valence-electron chi connectivity index (χ0n) is 8.52. The highest BCUT2D eigenvalue weighted by Gasteiger charge is 2.25. The smallest absolute Gasteiger partial charge is 0.337 e. The average Bonchev–Trinajstić information content (AvgIpc) is 2.15. The summed E-state index contributed by atoms with van der Waals surface area (Å²) < 4.78 is 28.3. The number of benzene rings is 1. The fourth-order valence-corrected chi connectivity index (χ4v) is 2.97. The first-order chi connectivity index (χ1) is 7.29. The number of aromatic carboxylic acids is 1. The molecule has 0 spiro atoms. The molecular formula is C9H9BrO5S. The van der Waals surface area contributed by atoms with Gasteiger partial charge in [0.15, 0.2) is 15.6 Å². The summed E-state index contributed by atoms with van der Waals surface area (Å²) in [5, 5.41) is 8.90. The van der Waals surface area contributed by atoms with Gasteiger partial charge in [0.2, 0.25) is 0 Å². The minimum atomic E-state index is -3.68. The lowest BCUT2D eigenvalue weighted by Crippen LogP contribution is -2.10. The van der Waals surface area contributed by atoms with Crippen molar-refractivity contribution < 1.29 is 23.1 Å². The number of carboxylic acids is 1. The second kappa shape index (κ2) is 4.42. The molecule has 1 N–H and O–H groups in total. The minimum Gasteiger partial charge on any atom is -0.494 e. The number of rotatable bonds is 3. The quantitative estimate of drug-likeness (QED) is 0.916. The molecule has 0 aliphatic carbocycles. The van der Waals surface area contributed by atoms with E-state index in [-0.39, 0.29) is 16.2 Å². The molecule has 0 heterocycles. The van der Waals surface area contributed by atoms with E-state index in [9.17, 15) is 13.2 Å². The van der Waals surface area contributed by atoms with Gasteiger partial charge in [0, 0.05) is 6.26 Å². The molecule has 88 valence electrons. The SMILES string of the molecule is COc1c(Br)ccc(C(=O)O)c1S(C)(=O)=O. The molecule has 5 nitrogen and oxygen atoms in total. The Morgan fingerprint density at radius 2 is 2.00 bits per heavy atom. The number of sulfone groups is 1. The van der Waals surface area contributed by atoms with Crippen molar-refractivity contribution in [1.82, 2.24) is 0 Å². The highest BCUT2D eigenvalue weighted by atomic mass is 79.9. The second-order valence-electron chi connectivity index (χ2n) is 3.03. The van der Waals surface area contributed by atoms with Crippen molar-refractivity contribution >= 4 is 31.7 Å². The molecule has 16 heavy (non-hydrogen) atoms. The van der Waals surface area contributed by atoms with Gasteiger partial charge in [-0.3, -0.25) is 0 Å². The Hall–Kier alpha value is -1.08. The van der Waals surface area contributed by atoms with Crippen LogP contribution in [0, 0.1) is 0 Å². The molecule has 0 aliphatic heterocycles. The number of halogens is 1. The zero-order valence-corrected chi connectivity index (χ0v) is 10.9. The number of carboxylic acid groups (broad SMARTS) is 1. The molecule has 0 bridgehead atoms. The van der Waals surface area contributed by atoms with Crippen LogP contribution in [0.5, 0.6) is 5.75 Å². The Bertz CT molecular complexity index is 535. The molecule has 0 aromatic heterocycles. The summed E-state index contributed by atoms with van der Waals surface area (Å²) in [5.41, 5.74) is -0.303. The van der Waals surface area contributed by atoms with E-state index in [0.29, 0.717) is 4.47 Å². The summed E-state index contributed by atoms with van der Waals surface area (Å²) in [5.74, 6) is -1.31. The molecule has 0 amide bonds. The van der Waals surface area contributed by atoms with Crippen molar-refractivity contribution in [3.63, 3.8) is 0 Å². The van der Waals surface area contributed by atoms with Gasteiger partial charge >= 0.3 is 5.97 Å². The number of ether oxygens (including phenoxy) is 1. The lowest BCUT2D eigenvalue weighted by molar-refractivity contribution is 0.0692. The fraction of sp³-hybridized carbons (Fsp3) is 0.222. The van der Waals surface area contributed by atoms with Crippen molar-refractivity contribution in [2.75, 3.05) is 13.4 Å². The largest absolute Gasteiger partial charge is 0.494 e. The van der Waals surface area contributed by atoms with Gasteiger partial charge < -0.3 is 9.84 Å². The zero-order chi connectivity index (χ0) is 12.5. The van der Waals surface area contributed by atoms with Crippen LogP contribution >= 0.6 is 15.9 Å². The Morgan fingerprint density at radius 3 is 2.38 bits per heavy atom. The van der Waals surface area contributed by atoms with Crippen LogP contribution in [0.4, 0.5) is 0 Å². The lowest BCUT2D eigenvalue weighted by atomic mass is 10.2. The summed E-state index contributed by atoms with van der Waals surface area (Å²) in [6.45, 7) is 0. The van der Waals surface area contributed by atoms with E-state index in [4.69, 9.17) is 9.84 Å². The van der Waals surface area contributed by atoms with Crippen LogP contribution in [0.15, 0.2) is 21.5 Å². The average molecular weight is 309 g/mol. The lowest BCUT2D eigenvalue weighted by Gasteiger charge is -2.11. The van der Waals surface area contributed by atoms with Crippen LogP contribution in [-0.4, -0.2) is 32.9 Å². The molecule has 0 aliphatic rings. The Morgan fingerprint density at radius 1 is 1.44 bits per heavy atom. The van der Waals surface area contributed by atoms with Gasteiger partial charge in [-0.1, -0.05) is 0 Å². The predicted octanol–water partition coefficient (Wildman–Crippen LogP) is 1.56. The van der Waals surface area contributed by atoms with Crippen LogP contribution < -0.4 is 4.74 Å². The Kier molecular flexibility index (Phi) is 3.59. The maximum Gasteiger partial charge on any atom is 0.337 e.